The van der Waals surface area contributed by atoms with Crippen molar-refractivity contribution in [2.45, 2.75) is 19.5 Å². The van der Waals surface area contributed by atoms with Crippen LogP contribution in [-0.4, -0.2) is 36.3 Å². The van der Waals surface area contributed by atoms with Crippen molar-refractivity contribution in [1.29, 1.82) is 0 Å². The van der Waals surface area contributed by atoms with E-state index >= 15 is 0 Å². The standard InChI is InChI=1S/C16H14N6O2S/c23-22(24)15-2-1-13(25-15)9-21-4-3-14-12(8-21)7-19-16(20-14)11-5-17-10-18-6-11/h1-2,5-7,10H,3-4,8-9H2. The van der Waals surface area contributed by atoms with E-state index < -0.39 is 0 Å². The summed E-state index contributed by atoms with van der Waals surface area (Å²) in [5.41, 5.74) is 2.94. The van der Waals surface area contributed by atoms with E-state index in [1.54, 1.807) is 18.5 Å². The number of fused-ring (bicyclic) bond motifs is 1. The van der Waals surface area contributed by atoms with Crippen LogP contribution in [0.3, 0.4) is 0 Å². The van der Waals surface area contributed by atoms with Crippen molar-refractivity contribution in [3.05, 3.63) is 63.3 Å². The van der Waals surface area contributed by atoms with Gasteiger partial charge in [0.1, 0.15) is 6.33 Å². The highest BCUT2D eigenvalue weighted by molar-refractivity contribution is 7.15. The molecule has 0 atom stereocenters. The summed E-state index contributed by atoms with van der Waals surface area (Å²) in [5, 5.41) is 11.0. The Kier molecular flexibility index (Phi) is 4.16. The first-order chi connectivity index (χ1) is 12.2. The molecule has 126 valence electrons. The summed E-state index contributed by atoms with van der Waals surface area (Å²) in [6.45, 7) is 2.30. The topological polar surface area (TPSA) is 97.9 Å². The molecule has 0 N–H and O–H groups in total. The van der Waals surface area contributed by atoms with Gasteiger partial charge in [-0.05, 0) is 6.07 Å². The molecule has 8 nitrogen and oxygen atoms in total. The second-order valence-electron chi connectivity index (χ2n) is 5.75. The van der Waals surface area contributed by atoms with Gasteiger partial charge in [-0.25, -0.2) is 19.9 Å². The quantitative estimate of drug-likeness (QED) is 0.524. The van der Waals surface area contributed by atoms with Gasteiger partial charge < -0.3 is 0 Å². The molecule has 0 radical (unpaired) electrons. The van der Waals surface area contributed by atoms with Gasteiger partial charge >= 0.3 is 5.00 Å². The fourth-order valence-corrected chi connectivity index (χ4v) is 3.70. The largest absolute Gasteiger partial charge is 0.324 e. The van der Waals surface area contributed by atoms with Crippen LogP contribution >= 0.6 is 11.3 Å². The Morgan fingerprint density at radius 1 is 1.24 bits per heavy atom. The number of nitro groups is 1. The van der Waals surface area contributed by atoms with Crippen LogP contribution in [0.2, 0.25) is 0 Å². The van der Waals surface area contributed by atoms with E-state index in [1.807, 2.05) is 12.3 Å². The van der Waals surface area contributed by atoms with Crippen molar-refractivity contribution in [3.8, 4) is 11.4 Å². The van der Waals surface area contributed by atoms with E-state index in [-0.39, 0.29) is 9.92 Å². The molecule has 0 spiro atoms. The zero-order valence-corrected chi connectivity index (χ0v) is 14.0. The maximum Gasteiger partial charge on any atom is 0.324 e. The summed E-state index contributed by atoms with van der Waals surface area (Å²) in [6, 6.07) is 3.39. The van der Waals surface area contributed by atoms with Crippen molar-refractivity contribution in [2.24, 2.45) is 0 Å². The Labute approximate surface area is 147 Å². The molecule has 1 aliphatic heterocycles. The highest BCUT2D eigenvalue weighted by atomic mass is 32.1. The van der Waals surface area contributed by atoms with Gasteiger partial charge in [0.15, 0.2) is 5.82 Å². The van der Waals surface area contributed by atoms with Crippen LogP contribution in [0.25, 0.3) is 11.4 Å². The number of hydrogen-bond acceptors (Lipinski definition) is 8. The molecule has 0 unspecified atom stereocenters. The van der Waals surface area contributed by atoms with Gasteiger partial charge in [-0.2, -0.15) is 0 Å². The smallest absolute Gasteiger partial charge is 0.293 e. The molecule has 0 saturated heterocycles. The van der Waals surface area contributed by atoms with Gasteiger partial charge in [0, 0.05) is 61.2 Å². The fraction of sp³-hybridized carbons (Fsp3) is 0.250. The first-order valence-corrected chi connectivity index (χ1v) is 8.56. The number of hydrogen-bond donors (Lipinski definition) is 0. The summed E-state index contributed by atoms with van der Waals surface area (Å²) < 4.78 is 0. The molecule has 4 rings (SSSR count). The average molecular weight is 354 g/mol. The van der Waals surface area contributed by atoms with Crippen molar-refractivity contribution >= 4 is 16.3 Å². The van der Waals surface area contributed by atoms with Gasteiger partial charge in [0.2, 0.25) is 0 Å². The molecule has 3 aromatic heterocycles. The van der Waals surface area contributed by atoms with Crippen molar-refractivity contribution < 1.29 is 4.92 Å². The molecular formula is C16H14N6O2S. The van der Waals surface area contributed by atoms with Crippen LogP contribution in [0, 0.1) is 10.1 Å². The second-order valence-corrected chi connectivity index (χ2v) is 6.90. The van der Waals surface area contributed by atoms with Crippen LogP contribution < -0.4 is 0 Å². The average Bonchev–Trinajstić information content (AvgIpc) is 3.11. The number of nitrogens with zero attached hydrogens (tertiary/aromatic N) is 6. The lowest BCUT2D eigenvalue weighted by Crippen LogP contribution is -2.30. The summed E-state index contributed by atoms with van der Waals surface area (Å²) in [7, 11) is 0. The SMILES string of the molecule is O=[N+]([O-])c1ccc(CN2CCc3nc(-c4cncnc4)ncc3C2)s1. The third-order valence-corrected chi connectivity index (χ3v) is 5.06. The Balaban J connectivity index is 1.49. The predicted octanol–water partition coefficient (Wildman–Crippen LogP) is 2.46. The van der Waals surface area contributed by atoms with E-state index in [1.165, 1.54) is 17.7 Å². The number of rotatable bonds is 4. The highest BCUT2D eigenvalue weighted by Crippen LogP contribution is 2.27. The van der Waals surface area contributed by atoms with Crippen LogP contribution in [0.15, 0.2) is 37.1 Å². The highest BCUT2D eigenvalue weighted by Gasteiger charge is 2.20. The number of thiophene rings is 1. The maximum atomic E-state index is 10.8. The molecule has 0 fully saturated rings. The molecule has 25 heavy (non-hydrogen) atoms. The van der Waals surface area contributed by atoms with Crippen LogP contribution in [0.1, 0.15) is 16.1 Å². The minimum atomic E-state index is -0.345. The molecule has 0 bridgehead atoms. The van der Waals surface area contributed by atoms with Crippen LogP contribution in [-0.2, 0) is 19.5 Å². The first-order valence-electron chi connectivity index (χ1n) is 7.74. The van der Waals surface area contributed by atoms with Crippen LogP contribution in [0.4, 0.5) is 5.00 Å². The molecule has 9 heteroatoms. The van der Waals surface area contributed by atoms with Gasteiger partial charge in [0.25, 0.3) is 0 Å². The summed E-state index contributed by atoms with van der Waals surface area (Å²) in [5.74, 6) is 0.640. The van der Waals surface area contributed by atoms with Gasteiger partial charge in [-0.15, -0.1) is 0 Å². The lowest BCUT2D eigenvalue weighted by atomic mass is 10.1. The van der Waals surface area contributed by atoms with Gasteiger partial charge in [0.05, 0.1) is 16.2 Å². The van der Waals surface area contributed by atoms with E-state index in [0.29, 0.717) is 12.4 Å². The van der Waals surface area contributed by atoms with Crippen molar-refractivity contribution in [2.75, 3.05) is 6.54 Å². The molecule has 4 heterocycles. The monoisotopic (exact) mass is 354 g/mol. The Hall–Kier alpha value is -2.78. The molecule has 0 aliphatic carbocycles. The molecule has 0 amide bonds. The number of aromatic nitrogens is 4. The fourth-order valence-electron chi connectivity index (χ4n) is 2.83. The Bertz CT molecular complexity index is 914. The Morgan fingerprint density at radius 2 is 2.08 bits per heavy atom. The summed E-state index contributed by atoms with van der Waals surface area (Å²) >= 11 is 1.23. The molecule has 3 aromatic rings. The maximum absolute atomic E-state index is 10.8. The first kappa shape index (κ1) is 15.7. The van der Waals surface area contributed by atoms with E-state index in [9.17, 15) is 10.1 Å². The van der Waals surface area contributed by atoms with Crippen molar-refractivity contribution in [3.63, 3.8) is 0 Å². The zero-order valence-electron chi connectivity index (χ0n) is 13.2. The lowest BCUT2D eigenvalue weighted by molar-refractivity contribution is -0.380. The molecule has 0 saturated carbocycles. The minimum absolute atomic E-state index is 0.186. The predicted molar refractivity (Wildman–Crippen MR) is 91.8 cm³/mol. The van der Waals surface area contributed by atoms with E-state index in [4.69, 9.17) is 0 Å². The third-order valence-electron chi connectivity index (χ3n) is 4.04. The zero-order chi connectivity index (χ0) is 17.2. The molecule has 1 aliphatic rings. The van der Waals surface area contributed by atoms with Gasteiger partial charge in [-0.3, -0.25) is 15.0 Å². The third kappa shape index (κ3) is 3.37. The summed E-state index contributed by atoms with van der Waals surface area (Å²) in [6.07, 6.45) is 7.56. The van der Waals surface area contributed by atoms with E-state index in [0.717, 1.165) is 41.2 Å². The molecule has 0 aromatic carbocycles. The van der Waals surface area contributed by atoms with E-state index in [2.05, 4.69) is 24.8 Å². The van der Waals surface area contributed by atoms with Crippen molar-refractivity contribution in [1.82, 2.24) is 24.8 Å². The lowest BCUT2D eigenvalue weighted by Gasteiger charge is -2.27. The second kappa shape index (κ2) is 6.61. The summed E-state index contributed by atoms with van der Waals surface area (Å²) in [4.78, 5) is 30.8. The molecular weight excluding hydrogens is 340 g/mol. The minimum Gasteiger partial charge on any atom is -0.293 e. The van der Waals surface area contributed by atoms with Gasteiger partial charge in [-0.1, -0.05) is 11.3 Å². The normalized spacial score (nSPS) is 14.2. The van der Waals surface area contributed by atoms with Crippen LogP contribution in [0.5, 0.6) is 0 Å². The Morgan fingerprint density at radius 3 is 2.84 bits per heavy atom.